The number of nitrogens with zero attached hydrogens (tertiary/aromatic N) is 1. The van der Waals surface area contributed by atoms with Crippen LogP contribution in [0, 0.1) is 5.82 Å². The quantitative estimate of drug-likeness (QED) is 0.742. The van der Waals surface area contributed by atoms with Crippen LogP contribution in [0.2, 0.25) is 0 Å². The Labute approximate surface area is 113 Å². The first-order chi connectivity index (χ1) is 9.34. The third-order valence-corrected chi connectivity index (χ3v) is 4.71. The Morgan fingerprint density at radius 3 is 2.68 bits per heavy atom. The molecule has 2 heteroatoms. The van der Waals surface area contributed by atoms with Crippen molar-refractivity contribution >= 4 is 10.8 Å². The molecule has 2 aromatic carbocycles. The summed E-state index contributed by atoms with van der Waals surface area (Å²) in [6.07, 6.45) is 5.01. The number of halogens is 1. The highest BCUT2D eigenvalue weighted by atomic mass is 19.1. The highest BCUT2D eigenvalue weighted by Gasteiger charge is 2.30. The number of piperidine rings is 1. The van der Waals surface area contributed by atoms with Crippen molar-refractivity contribution in [3.05, 3.63) is 47.3 Å². The maximum atomic E-state index is 13.9. The van der Waals surface area contributed by atoms with Crippen LogP contribution in [-0.4, -0.2) is 18.0 Å². The first-order valence-corrected chi connectivity index (χ1v) is 7.28. The summed E-state index contributed by atoms with van der Waals surface area (Å²) in [5, 5.41) is 1.98. The zero-order chi connectivity index (χ0) is 12.8. The molecule has 0 saturated carbocycles. The SMILES string of the molecule is Fc1ccc2c3c(cccc13)CC2N1CCCCC1. The van der Waals surface area contributed by atoms with Crippen molar-refractivity contribution in [2.45, 2.75) is 31.7 Å². The standard InChI is InChI=1S/C17H18FN/c18-15-8-7-14-16(19-9-2-1-3-10-19)11-12-5-4-6-13(15)17(12)14/h4-8,16H,1-3,9-11H2. The van der Waals surface area contributed by atoms with Crippen molar-refractivity contribution in [1.82, 2.24) is 4.90 Å². The van der Waals surface area contributed by atoms with Crippen LogP contribution in [0.5, 0.6) is 0 Å². The minimum absolute atomic E-state index is 0.0834. The summed E-state index contributed by atoms with van der Waals surface area (Å²) in [6, 6.07) is 10.2. The second kappa shape index (κ2) is 4.31. The molecule has 0 N–H and O–H groups in total. The third kappa shape index (κ3) is 1.70. The van der Waals surface area contributed by atoms with E-state index in [1.165, 1.54) is 48.9 Å². The van der Waals surface area contributed by atoms with E-state index in [4.69, 9.17) is 0 Å². The molecule has 1 atom stereocenters. The molecule has 2 aliphatic rings. The van der Waals surface area contributed by atoms with Crippen LogP contribution < -0.4 is 0 Å². The third-order valence-electron chi connectivity index (χ3n) is 4.71. The fourth-order valence-corrected chi connectivity index (χ4v) is 3.80. The van der Waals surface area contributed by atoms with Gasteiger partial charge in [0.15, 0.2) is 0 Å². The van der Waals surface area contributed by atoms with Gasteiger partial charge in [0.25, 0.3) is 0 Å². The Morgan fingerprint density at radius 1 is 1.00 bits per heavy atom. The average Bonchev–Trinajstić information content (AvgIpc) is 2.84. The molecule has 19 heavy (non-hydrogen) atoms. The molecule has 1 nitrogen and oxygen atoms in total. The first-order valence-electron chi connectivity index (χ1n) is 7.28. The van der Waals surface area contributed by atoms with Gasteiger partial charge in [-0.1, -0.05) is 30.7 Å². The van der Waals surface area contributed by atoms with Crippen molar-refractivity contribution < 1.29 is 4.39 Å². The van der Waals surface area contributed by atoms with Gasteiger partial charge in [0.05, 0.1) is 0 Å². The molecule has 0 bridgehead atoms. The highest BCUT2D eigenvalue weighted by Crippen LogP contribution is 2.41. The van der Waals surface area contributed by atoms with Crippen LogP contribution in [0.4, 0.5) is 4.39 Å². The fourth-order valence-electron chi connectivity index (χ4n) is 3.80. The predicted molar refractivity (Wildman–Crippen MR) is 75.8 cm³/mol. The zero-order valence-corrected chi connectivity index (χ0v) is 11.0. The van der Waals surface area contributed by atoms with Crippen LogP contribution >= 0.6 is 0 Å². The summed E-state index contributed by atoms with van der Waals surface area (Å²) in [7, 11) is 0. The Morgan fingerprint density at radius 2 is 1.84 bits per heavy atom. The van der Waals surface area contributed by atoms with Crippen molar-refractivity contribution in [1.29, 1.82) is 0 Å². The minimum Gasteiger partial charge on any atom is -0.296 e. The molecule has 2 aromatic rings. The van der Waals surface area contributed by atoms with E-state index in [9.17, 15) is 4.39 Å². The predicted octanol–water partition coefficient (Wildman–Crippen LogP) is 4.06. The Kier molecular flexibility index (Phi) is 2.59. The van der Waals surface area contributed by atoms with Gasteiger partial charge < -0.3 is 0 Å². The number of benzene rings is 2. The van der Waals surface area contributed by atoms with Crippen molar-refractivity contribution in [3.8, 4) is 0 Å². The van der Waals surface area contributed by atoms with E-state index in [2.05, 4.69) is 11.0 Å². The molecule has 0 amide bonds. The zero-order valence-electron chi connectivity index (χ0n) is 11.0. The molecule has 1 unspecified atom stereocenters. The number of likely N-dealkylation sites (tertiary alicyclic amines) is 1. The molecule has 1 fully saturated rings. The molecule has 0 aromatic heterocycles. The van der Waals surface area contributed by atoms with Crippen LogP contribution in [0.1, 0.15) is 36.4 Å². The smallest absolute Gasteiger partial charge is 0.131 e. The minimum atomic E-state index is -0.0834. The van der Waals surface area contributed by atoms with Gasteiger partial charge in [-0.25, -0.2) is 4.39 Å². The molecule has 0 radical (unpaired) electrons. The fraction of sp³-hybridized carbons (Fsp3) is 0.412. The molecule has 4 rings (SSSR count). The molecule has 1 saturated heterocycles. The van der Waals surface area contributed by atoms with Gasteiger partial charge in [0, 0.05) is 11.4 Å². The normalized spacial score (nSPS) is 23.1. The molecule has 1 aliphatic carbocycles. The topological polar surface area (TPSA) is 3.24 Å². The number of rotatable bonds is 1. The molecular formula is C17H18FN. The van der Waals surface area contributed by atoms with Crippen molar-refractivity contribution in [2.24, 2.45) is 0 Å². The van der Waals surface area contributed by atoms with Crippen LogP contribution in [-0.2, 0) is 6.42 Å². The Hall–Kier alpha value is -1.41. The van der Waals surface area contributed by atoms with E-state index in [1.54, 1.807) is 6.07 Å². The number of hydrogen-bond acceptors (Lipinski definition) is 1. The summed E-state index contributed by atoms with van der Waals surface area (Å²) in [4.78, 5) is 2.59. The summed E-state index contributed by atoms with van der Waals surface area (Å²) in [5.41, 5.74) is 2.66. The lowest BCUT2D eigenvalue weighted by Gasteiger charge is -2.32. The molecule has 1 heterocycles. The lowest BCUT2D eigenvalue weighted by atomic mass is 10.0. The lowest BCUT2D eigenvalue weighted by molar-refractivity contribution is 0.166. The molecule has 1 aliphatic heterocycles. The second-order valence-corrected chi connectivity index (χ2v) is 5.79. The Bertz CT molecular complexity index is 628. The van der Waals surface area contributed by atoms with E-state index in [0.717, 1.165) is 11.8 Å². The van der Waals surface area contributed by atoms with Crippen LogP contribution in [0.15, 0.2) is 30.3 Å². The largest absolute Gasteiger partial charge is 0.296 e. The van der Waals surface area contributed by atoms with Gasteiger partial charge in [0.2, 0.25) is 0 Å². The van der Waals surface area contributed by atoms with E-state index >= 15 is 0 Å². The first kappa shape index (κ1) is 11.4. The van der Waals surface area contributed by atoms with Crippen molar-refractivity contribution in [2.75, 3.05) is 13.1 Å². The van der Waals surface area contributed by atoms with Crippen LogP contribution in [0.3, 0.4) is 0 Å². The van der Waals surface area contributed by atoms with Gasteiger partial charge in [-0.2, -0.15) is 0 Å². The molecule has 0 spiro atoms. The summed E-state index contributed by atoms with van der Waals surface area (Å²) in [6.45, 7) is 2.38. The maximum Gasteiger partial charge on any atom is 0.131 e. The summed E-state index contributed by atoms with van der Waals surface area (Å²) < 4.78 is 13.9. The van der Waals surface area contributed by atoms with E-state index in [1.807, 2.05) is 18.2 Å². The molecular weight excluding hydrogens is 237 g/mol. The van der Waals surface area contributed by atoms with Gasteiger partial charge in [-0.05, 0) is 54.9 Å². The average molecular weight is 255 g/mol. The van der Waals surface area contributed by atoms with E-state index in [-0.39, 0.29) is 5.82 Å². The summed E-state index contributed by atoms with van der Waals surface area (Å²) >= 11 is 0. The van der Waals surface area contributed by atoms with Gasteiger partial charge >= 0.3 is 0 Å². The summed E-state index contributed by atoms with van der Waals surface area (Å²) in [5.74, 6) is -0.0834. The van der Waals surface area contributed by atoms with Crippen LogP contribution in [0.25, 0.3) is 10.8 Å². The monoisotopic (exact) mass is 255 g/mol. The lowest BCUT2D eigenvalue weighted by Crippen LogP contribution is -2.33. The maximum absolute atomic E-state index is 13.9. The van der Waals surface area contributed by atoms with E-state index in [0.29, 0.717) is 6.04 Å². The van der Waals surface area contributed by atoms with Gasteiger partial charge in [-0.3, -0.25) is 4.90 Å². The van der Waals surface area contributed by atoms with Crippen molar-refractivity contribution in [3.63, 3.8) is 0 Å². The second-order valence-electron chi connectivity index (χ2n) is 5.79. The van der Waals surface area contributed by atoms with Gasteiger partial charge in [0.1, 0.15) is 5.82 Å². The number of hydrogen-bond donors (Lipinski definition) is 0. The van der Waals surface area contributed by atoms with E-state index < -0.39 is 0 Å². The molecule has 98 valence electrons. The Balaban J connectivity index is 1.83. The van der Waals surface area contributed by atoms with Gasteiger partial charge in [-0.15, -0.1) is 0 Å². The highest BCUT2D eigenvalue weighted by molar-refractivity contribution is 5.91.